The largest absolute Gasteiger partial charge is 0.492 e. The molecule has 0 saturated heterocycles. The summed E-state index contributed by atoms with van der Waals surface area (Å²) in [6, 6.07) is 10.2. The lowest BCUT2D eigenvalue weighted by molar-refractivity contribution is -0.0207. The Labute approximate surface area is 121 Å². The smallest absolute Gasteiger partial charge is 0.119 e. The maximum Gasteiger partial charge on any atom is 0.119 e. The SMILES string of the molecule is c1ccc(OCCNC23CC4CC(CC(C4)C2)C3)cc1. The average Bonchev–Trinajstić information content (AvgIpc) is 2.43. The maximum absolute atomic E-state index is 5.81. The van der Waals surface area contributed by atoms with Crippen molar-refractivity contribution in [2.75, 3.05) is 13.2 Å². The number of nitrogens with one attached hydrogen (secondary N) is 1. The highest BCUT2D eigenvalue weighted by Gasteiger charge is 2.50. The van der Waals surface area contributed by atoms with Gasteiger partial charge >= 0.3 is 0 Å². The predicted molar refractivity (Wildman–Crippen MR) is 80.8 cm³/mol. The molecule has 4 fully saturated rings. The molecule has 0 aliphatic heterocycles. The number of ether oxygens (including phenoxy) is 1. The Morgan fingerprint density at radius 1 is 0.950 bits per heavy atom. The molecule has 108 valence electrons. The van der Waals surface area contributed by atoms with Crippen LogP contribution >= 0.6 is 0 Å². The summed E-state index contributed by atoms with van der Waals surface area (Å²) in [7, 11) is 0. The minimum atomic E-state index is 0.467. The number of para-hydroxylation sites is 1. The zero-order valence-corrected chi connectivity index (χ0v) is 12.2. The standard InChI is InChI=1S/C18H25NO/c1-2-4-17(5-3-1)20-7-6-19-18-11-14-8-15(12-18)10-16(9-14)13-18/h1-5,14-16,19H,6-13H2. The third-order valence-electron chi connectivity index (χ3n) is 5.65. The van der Waals surface area contributed by atoms with E-state index in [0.29, 0.717) is 5.54 Å². The molecule has 1 N–H and O–H groups in total. The molecule has 0 amide bonds. The lowest BCUT2D eigenvalue weighted by Gasteiger charge is -2.57. The van der Waals surface area contributed by atoms with Crippen LogP contribution in [0.5, 0.6) is 5.75 Å². The Morgan fingerprint density at radius 2 is 1.55 bits per heavy atom. The van der Waals surface area contributed by atoms with Gasteiger partial charge in [-0.3, -0.25) is 0 Å². The van der Waals surface area contributed by atoms with Crippen molar-refractivity contribution < 1.29 is 4.74 Å². The van der Waals surface area contributed by atoms with Crippen molar-refractivity contribution in [1.82, 2.24) is 5.32 Å². The molecule has 4 bridgehead atoms. The molecule has 0 atom stereocenters. The van der Waals surface area contributed by atoms with Crippen molar-refractivity contribution in [2.45, 2.75) is 44.1 Å². The molecule has 0 unspecified atom stereocenters. The van der Waals surface area contributed by atoms with Gasteiger partial charge in [-0.15, -0.1) is 0 Å². The first-order valence-electron chi connectivity index (χ1n) is 8.24. The molecule has 4 saturated carbocycles. The van der Waals surface area contributed by atoms with Crippen molar-refractivity contribution in [2.24, 2.45) is 17.8 Å². The van der Waals surface area contributed by atoms with E-state index in [1.54, 1.807) is 0 Å². The molecular formula is C18H25NO. The fraction of sp³-hybridized carbons (Fsp3) is 0.667. The second kappa shape index (κ2) is 5.07. The summed E-state index contributed by atoms with van der Waals surface area (Å²) in [5.74, 6) is 4.04. The maximum atomic E-state index is 5.81. The van der Waals surface area contributed by atoms with Crippen LogP contribution in [0.1, 0.15) is 38.5 Å². The fourth-order valence-corrected chi connectivity index (χ4v) is 5.33. The van der Waals surface area contributed by atoms with Gasteiger partial charge < -0.3 is 10.1 Å². The summed E-state index contributed by atoms with van der Waals surface area (Å²) in [6.45, 7) is 1.77. The van der Waals surface area contributed by atoms with E-state index in [2.05, 4.69) is 5.32 Å². The third-order valence-corrected chi connectivity index (χ3v) is 5.65. The molecule has 1 aromatic rings. The highest BCUT2D eigenvalue weighted by molar-refractivity contribution is 5.20. The molecule has 20 heavy (non-hydrogen) atoms. The monoisotopic (exact) mass is 271 g/mol. The molecule has 5 rings (SSSR count). The molecule has 1 aromatic carbocycles. The Kier molecular flexibility index (Phi) is 3.22. The van der Waals surface area contributed by atoms with E-state index in [-0.39, 0.29) is 0 Å². The minimum Gasteiger partial charge on any atom is -0.492 e. The lowest BCUT2D eigenvalue weighted by Crippen LogP contribution is -2.59. The van der Waals surface area contributed by atoms with Crippen LogP contribution in [0, 0.1) is 17.8 Å². The van der Waals surface area contributed by atoms with Gasteiger partial charge in [-0.1, -0.05) is 18.2 Å². The molecule has 4 aliphatic rings. The Bertz CT molecular complexity index is 420. The zero-order chi connectivity index (χ0) is 13.4. The van der Waals surface area contributed by atoms with Crippen LogP contribution in [0.25, 0.3) is 0 Å². The minimum absolute atomic E-state index is 0.467. The van der Waals surface area contributed by atoms with E-state index in [1.165, 1.54) is 38.5 Å². The lowest BCUT2D eigenvalue weighted by atomic mass is 9.53. The molecule has 4 aliphatic carbocycles. The Balaban J connectivity index is 1.29. The normalized spacial score (nSPS) is 38.1. The van der Waals surface area contributed by atoms with Gasteiger partial charge in [0.1, 0.15) is 12.4 Å². The van der Waals surface area contributed by atoms with Crippen molar-refractivity contribution in [3.8, 4) is 5.75 Å². The van der Waals surface area contributed by atoms with Crippen molar-refractivity contribution in [1.29, 1.82) is 0 Å². The van der Waals surface area contributed by atoms with Crippen LogP contribution in [0.15, 0.2) is 30.3 Å². The van der Waals surface area contributed by atoms with Crippen LogP contribution in [0.3, 0.4) is 0 Å². The van der Waals surface area contributed by atoms with Gasteiger partial charge in [0.25, 0.3) is 0 Å². The second-order valence-corrected chi connectivity index (χ2v) is 7.29. The summed E-state index contributed by atoms with van der Waals surface area (Å²) in [5, 5.41) is 3.87. The van der Waals surface area contributed by atoms with Crippen LogP contribution in [0.4, 0.5) is 0 Å². The van der Waals surface area contributed by atoms with Gasteiger partial charge in [-0.2, -0.15) is 0 Å². The highest BCUT2D eigenvalue weighted by Crippen LogP contribution is 2.55. The van der Waals surface area contributed by atoms with Crippen LogP contribution in [0.2, 0.25) is 0 Å². The van der Waals surface area contributed by atoms with Gasteiger partial charge in [0.15, 0.2) is 0 Å². The number of hydrogen-bond acceptors (Lipinski definition) is 2. The molecule has 2 heteroatoms. The molecule has 0 radical (unpaired) electrons. The van der Waals surface area contributed by atoms with E-state index in [9.17, 15) is 0 Å². The van der Waals surface area contributed by atoms with Crippen molar-refractivity contribution >= 4 is 0 Å². The molecular weight excluding hydrogens is 246 g/mol. The van der Waals surface area contributed by atoms with E-state index in [1.807, 2.05) is 30.3 Å². The van der Waals surface area contributed by atoms with Gasteiger partial charge in [-0.25, -0.2) is 0 Å². The van der Waals surface area contributed by atoms with Crippen LogP contribution < -0.4 is 10.1 Å². The first kappa shape index (κ1) is 12.7. The number of benzene rings is 1. The fourth-order valence-electron chi connectivity index (χ4n) is 5.33. The van der Waals surface area contributed by atoms with Gasteiger partial charge in [0.05, 0.1) is 0 Å². The van der Waals surface area contributed by atoms with Gasteiger partial charge in [0.2, 0.25) is 0 Å². The Hall–Kier alpha value is -1.02. The summed E-state index contributed by atoms with van der Waals surface area (Å²) >= 11 is 0. The van der Waals surface area contributed by atoms with E-state index in [0.717, 1.165) is 36.7 Å². The van der Waals surface area contributed by atoms with Gasteiger partial charge in [0, 0.05) is 12.1 Å². The average molecular weight is 271 g/mol. The van der Waals surface area contributed by atoms with E-state index >= 15 is 0 Å². The second-order valence-electron chi connectivity index (χ2n) is 7.29. The molecule has 0 spiro atoms. The first-order valence-corrected chi connectivity index (χ1v) is 8.24. The summed E-state index contributed by atoms with van der Waals surface area (Å²) in [5.41, 5.74) is 0.467. The summed E-state index contributed by atoms with van der Waals surface area (Å²) in [6.07, 6.45) is 8.81. The number of hydrogen-bond donors (Lipinski definition) is 1. The quantitative estimate of drug-likeness (QED) is 0.826. The first-order chi connectivity index (χ1) is 9.81. The van der Waals surface area contributed by atoms with E-state index in [4.69, 9.17) is 4.74 Å². The van der Waals surface area contributed by atoms with Gasteiger partial charge in [-0.05, 0) is 68.4 Å². The number of rotatable bonds is 5. The zero-order valence-electron chi connectivity index (χ0n) is 12.2. The molecule has 2 nitrogen and oxygen atoms in total. The Morgan fingerprint density at radius 3 is 2.15 bits per heavy atom. The summed E-state index contributed by atoms with van der Waals surface area (Å²) < 4.78 is 5.81. The molecule has 0 heterocycles. The molecule has 0 aromatic heterocycles. The van der Waals surface area contributed by atoms with Crippen molar-refractivity contribution in [3.63, 3.8) is 0 Å². The predicted octanol–water partition coefficient (Wildman–Crippen LogP) is 3.62. The van der Waals surface area contributed by atoms with E-state index < -0.39 is 0 Å². The summed E-state index contributed by atoms with van der Waals surface area (Å²) in [4.78, 5) is 0. The van der Waals surface area contributed by atoms with Crippen molar-refractivity contribution in [3.05, 3.63) is 30.3 Å². The highest BCUT2D eigenvalue weighted by atomic mass is 16.5. The van der Waals surface area contributed by atoms with Crippen LogP contribution in [-0.2, 0) is 0 Å². The topological polar surface area (TPSA) is 21.3 Å². The third kappa shape index (κ3) is 2.46. The van der Waals surface area contributed by atoms with Crippen LogP contribution in [-0.4, -0.2) is 18.7 Å².